The number of hydrogen-bond donors (Lipinski definition) is 3. The third kappa shape index (κ3) is 5.47. The lowest BCUT2D eigenvalue weighted by Crippen LogP contribution is -2.14. The van der Waals surface area contributed by atoms with Gasteiger partial charge in [0.1, 0.15) is 0 Å². The van der Waals surface area contributed by atoms with Gasteiger partial charge in [0.2, 0.25) is 5.91 Å². The van der Waals surface area contributed by atoms with Crippen molar-refractivity contribution in [3.8, 4) is 0 Å². The van der Waals surface area contributed by atoms with E-state index in [1.165, 1.54) is 29.2 Å². The molecule has 0 atom stereocenters. The number of nitrogens with one attached hydrogen (secondary N) is 2. The molecule has 5 rings (SSSR count). The van der Waals surface area contributed by atoms with E-state index in [1.54, 1.807) is 48.5 Å². The maximum absolute atomic E-state index is 13.1. The number of benzene rings is 4. The minimum Gasteiger partial charge on any atom is -0.478 e. The molecular weight excluding hydrogens is 506 g/mol. The summed E-state index contributed by atoms with van der Waals surface area (Å²) >= 11 is 2.77. The van der Waals surface area contributed by atoms with Crippen molar-refractivity contribution in [1.82, 2.24) is 4.98 Å². The Hall–Kier alpha value is -4.21. The van der Waals surface area contributed by atoms with Gasteiger partial charge in [-0.2, -0.15) is 0 Å². The van der Waals surface area contributed by atoms with E-state index in [1.807, 2.05) is 31.2 Å². The highest BCUT2D eigenvalue weighted by Crippen LogP contribution is 2.28. The second-order valence-corrected chi connectivity index (χ2v) is 10.4. The van der Waals surface area contributed by atoms with Crippen LogP contribution in [0.3, 0.4) is 0 Å². The molecule has 1 heterocycles. The lowest BCUT2D eigenvalue weighted by molar-refractivity contribution is -0.113. The predicted molar refractivity (Wildman–Crippen MR) is 149 cm³/mol. The number of carbonyl (C=O) groups is 3. The first-order valence-electron chi connectivity index (χ1n) is 11.3. The third-order valence-corrected chi connectivity index (χ3v) is 7.56. The van der Waals surface area contributed by atoms with Crippen LogP contribution >= 0.6 is 23.1 Å². The van der Waals surface area contributed by atoms with E-state index >= 15 is 0 Å². The molecule has 0 saturated heterocycles. The van der Waals surface area contributed by atoms with E-state index in [0.717, 1.165) is 20.7 Å². The van der Waals surface area contributed by atoms with Crippen LogP contribution in [0.25, 0.3) is 21.0 Å². The van der Waals surface area contributed by atoms with Crippen molar-refractivity contribution in [2.45, 2.75) is 11.8 Å². The van der Waals surface area contributed by atoms with Gasteiger partial charge in [-0.05, 0) is 60.3 Å². The van der Waals surface area contributed by atoms with E-state index in [-0.39, 0.29) is 22.8 Å². The fraction of sp³-hybridized carbons (Fsp3) is 0.0714. The molecular formula is C28H21N3O4S2. The van der Waals surface area contributed by atoms with Crippen molar-refractivity contribution in [1.29, 1.82) is 0 Å². The molecule has 0 bridgehead atoms. The number of aromatic carboxylic acids is 1. The second-order valence-electron chi connectivity index (χ2n) is 8.32. The summed E-state index contributed by atoms with van der Waals surface area (Å²) in [5.74, 6) is -1.50. The number of nitrogens with zero attached hydrogens (tertiary/aromatic N) is 1. The highest BCUT2D eigenvalue weighted by Gasteiger charge is 2.17. The zero-order chi connectivity index (χ0) is 25.9. The number of rotatable bonds is 7. The van der Waals surface area contributed by atoms with Crippen LogP contribution in [0.15, 0.2) is 83.8 Å². The van der Waals surface area contributed by atoms with Gasteiger partial charge < -0.3 is 15.7 Å². The number of carboxylic acids is 1. The van der Waals surface area contributed by atoms with Crippen LogP contribution < -0.4 is 10.6 Å². The molecule has 0 saturated carbocycles. The van der Waals surface area contributed by atoms with Gasteiger partial charge in [-0.3, -0.25) is 9.59 Å². The zero-order valence-electron chi connectivity index (χ0n) is 19.6. The average Bonchev–Trinajstić information content (AvgIpc) is 3.28. The number of anilines is 2. The summed E-state index contributed by atoms with van der Waals surface area (Å²) in [6, 6.07) is 23.1. The molecule has 9 heteroatoms. The van der Waals surface area contributed by atoms with Gasteiger partial charge in [0.05, 0.1) is 21.5 Å². The maximum atomic E-state index is 13.1. The molecule has 7 nitrogen and oxygen atoms in total. The minimum absolute atomic E-state index is 0.0711. The Bertz CT molecular complexity index is 1670. The molecule has 1 aromatic heterocycles. The van der Waals surface area contributed by atoms with Crippen molar-refractivity contribution < 1.29 is 19.5 Å². The zero-order valence-corrected chi connectivity index (χ0v) is 21.3. The van der Waals surface area contributed by atoms with Gasteiger partial charge in [0, 0.05) is 21.5 Å². The molecule has 0 fully saturated rings. The lowest BCUT2D eigenvalue weighted by Gasteiger charge is -2.11. The number of aromatic nitrogens is 1. The Kier molecular flexibility index (Phi) is 6.89. The number of amides is 2. The van der Waals surface area contributed by atoms with Crippen LogP contribution in [0.5, 0.6) is 0 Å². The van der Waals surface area contributed by atoms with Gasteiger partial charge in [-0.25, -0.2) is 9.78 Å². The van der Waals surface area contributed by atoms with Crippen LogP contribution in [0, 0.1) is 6.92 Å². The fourth-order valence-electron chi connectivity index (χ4n) is 3.96. The van der Waals surface area contributed by atoms with Crippen molar-refractivity contribution in [3.63, 3.8) is 0 Å². The highest BCUT2D eigenvalue weighted by atomic mass is 32.2. The molecule has 4 aromatic carbocycles. The first kappa shape index (κ1) is 24.5. The van der Waals surface area contributed by atoms with Gasteiger partial charge in [-0.1, -0.05) is 47.7 Å². The van der Waals surface area contributed by atoms with Crippen LogP contribution in [0.1, 0.15) is 26.3 Å². The highest BCUT2D eigenvalue weighted by molar-refractivity contribution is 8.00. The smallest absolute Gasteiger partial charge is 0.336 e. The topological polar surface area (TPSA) is 108 Å². The van der Waals surface area contributed by atoms with Gasteiger partial charge >= 0.3 is 5.97 Å². The number of thiazole rings is 1. The van der Waals surface area contributed by atoms with Crippen LogP contribution in [-0.4, -0.2) is 33.6 Å². The third-order valence-electron chi connectivity index (χ3n) is 5.63. The van der Waals surface area contributed by atoms with Crippen molar-refractivity contribution in [3.05, 3.63) is 95.6 Å². The largest absolute Gasteiger partial charge is 0.478 e. The summed E-state index contributed by atoms with van der Waals surface area (Å²) in [6.45, 7) is 2.01. The van der Waals surface area contributed by atoms with Crippen LogP contribution in [0.4, 0.5) is 10.8 Å². The summed E-state index contributed by atoms with van der Waals surface area (Å²) in [6.07, 6.45) is 0. The Morgan fingerprint density at radius 1 is 0.919 bits per heavy atom. The summed E-state index contributed by atoms with van der Waals surface area (Å²) in [5.41, 5.74) is 2.88. The number of carbonyl (C=O) groups excluding carboxylic acids is 2. The average molecular weight is 528 g/mol. The Balaban J connectivity index is 1.26. The lowest BCUT2D eigenvalue weighted by atomic mass is 9.98. The van der Waals surface area contributed by atoms with E-state index in [9.17, 15) is 19.5 Å². The maximum Gasteiger partial charge on any atom is 0.336 e. The molecule has 0 spiro atoms. The molecule has 5 aromatic rings. The normalized spacial score (nSPS) is 10.9. The molecule has 0 radical (unpaired) electrons. The molecule has 0 aliphatic carbocycles. The number of aryl methyl sites for hydroxylation is 1. The second kappa shape index (κ2) is 10.4. The summed E-state index contributed by atoms with van der Waals surface area (Å²) < 4.78 is 1.02. The molecule has 0 unspecified atom stereocenters. The van der Waals surface area contributed by atoms with Crippen LogP contribution in [-0.2, 0) is 4.79 Å². The Labute approximate surface area is 220 Å². The minimum atomic E-state index is -1.09. The van der Waals surface area contributed by atoms with Crippen molar-refractivity contribution in [2.24, 2.45) is 0 Å². The predicted octanol–water partition coefficient (Wildman–Crippen LogP) is 6.44. The Morgan fingerprint density at radius 2 is 1.68 bits per heavy atom. The SMILES string of the molecule is Cc1ccc2nc(NC(=O)CSc3cccc(NC(=O)c4cccc5cccc(C(=O)O)c45)c3)sc2c1. The molecule has 37 heavy (non-hydrogen) atoms. The van der Waals surface area contributed by atoms with Crippen LogP contribution in [0.2, 0.25) is 0 Å². The van der Waals surface area contributed by atoms with E-state index in [0.29, 0.717) is 21.6 Å². The Morgan fingerprint density at radius 3 is 2.46 bits per heavy atom. The van der Waals surface area contributed by atoms with Crippen molar-refractivity contribution >= 4 is 72.7 Å². The van der Waals surface area contributed by atoms with E-state index < -0.39 is 11.9 Å². The van der Waals surface area contributed by atoms with Gasteiger partial charge in [-0.15, -0.1) is 11.8 Å². The van der Waals surface area contributed by atoms with Gasteiger partial charge in [0.15, 0.2) is 5.13 Å². The standard InChI is InChI=1S/C28H21N3O4S2/c1-16-11-12-22-23(13-16)37-28(30-22)31-24(32)15-36-19-8-4-7-18(14-19)29-26(33)20-9-2-5-17-6-3-10-21(25(17)20)27(34)35/h2-14H,15H2,1H3,(H,29,33)(H,34,35)(H,30,31,32). The summed E-state index contributed by atoms with van der Waals surface area (Å²) in [5, 5.41) is 16.9. The molecule has 0 aliphatic rings. The number of carboxylic acid groups (broad SMARTS) is 1. The molecule has 0 aliphatic heterocycles. The summed E-state index contributed by atoms with van der Waals surface area (Å²) in [7, 11) is 0. The molecule has 184 valence electrons. The molecule has 2 amide bonds. The quantitative estimate of drug-likeness (QED) is 0.210. The van der Waals surface area contributed by atoms with Gasteiger partial charge in [0.25, 0.3) is 5.91 Å². The molecule has 3 N–H and O–H groups in total. The first-order chi connectivity index (χ1) is 17.9. The first-order valence-corrected chi connectivity index (χ1v) is 13.1. The van der Waals surface area contributed by atoms with E-state index in [2.05, 4.69) is 15.6 Å². The monoisotopic (exact) mass is 527 g/mol. The summed E-state index contributed by atoms with van der Waals surface area (Å²) in [4.78, 5) is 42.6. The number of fused-ring (bicyclic) bond motifs is 2. The number of hydrogen-bond acceptors (Lipinski definition) is 6. The van der Waals surface area contributed by atoms with Crippen molar-refractivity contribution in [2.75, 3.05) is 16.4 Å². The van der Waals surface area contributed by atoms with E-state index in [4.69, 9.17) is 0 Å². The fourth-order valence-corrected chi connectivity index (χ4v) is 5.70. The number of thioether (sulfide) groups is 1.